The second-order valence-electron chi connectivity index (χ2n) is 4.89. The average molecular weight is 325 g/mol. The van der Waals surface area contributed by atoms with Gasteiger partial charge in [-0.25, -0.2) is 9.97 Å². The molecule has 1 aromatic carbocycles. The van der Waals surface area contributed by atoms with Gasteiger partial charge in [-0.2, -0.15) is 5.10 Å². The zero-order valence-corrected chi connectivity index (χ0v) is 12.9. The molecule has 0 saturated heterocycles. The number of benzene rings is 1. The van der Waals surface area contributed by atoms with Gasteiger partial charge in [0.25, 0.3) is 0 Å². The van der Waals surface area contributed by atoms with E-state index in [4.69, 9.17) is 10.5 Å². The predicted octanol–water partition coefficient (Wildman–Crippen LogP) is 1.89. The van der Waals surface area contributed by atoms with Crippen LogP contribution in [0.4, 0.5) is 5.69 Å². The van der Waals surface area contributed by atoms with Gasteiger partial charge in [0.05, 0.1) is 12.8 Å². The molecule has 3 rings (SSSR count). The molecular weight excluding hydrogens is 310 g/mol. The van der Waals surface area contributed by atoms with E-state index < -0.39 is 0 Å². The van der Waals surface area contributed by atoms with Gasteiger partial charge in [0, 0.05) is 24.0 Å². The number of methoxy groups -OCH3 is 1. The van der Waals surface area contributed by atoms with Crippen molar-refractivity contribution in [2.24, 2.45) is 0 Å². The molecule has 122 valence electrons. The van der Waals surface area contributed by atoms with E-state index in [-0.39, 0.29) is 12.5 Å². The summed E-state index contributed by atoms with van der Waals surface area (Å²) in [5.74, 6) is 0.571. The number of nitrogens with zero attached hydrogens (tertiary/aromatic N) is 4. The van der Waals surface area contributed by atoms with E-state index in [1.54, 1.807) is 42.6 Å². The topological polar surface area (TPSA) is 105 Å². The van der Waals surface area contributed by atoms with Crippen LogP contribution in [0.2, 0.25) is 0 Å². The maximum absolute atomic E-state index is 11.3. The Hall–Kier alpha value is -3.42. The van der Waals surface area contributed by atoms with Crippen LogP contribution < -0.4 is 10.5 Å². The summed E-state index contributed by atoms with van der Waals surface area (Å²) in [6, 6.07) is 10.5. The van der Waals surface area contributed by atoms with Crippen molar-refractivity contribution >= 4 is 11.7 Å². The first-order valence-corrected chi connectivity index (χ1v) is 7.10. The number of nitrogen functional groups attached to an aromatic ring is 1. The van der Waals surface area contributed by atoms with E-state index in [1.807, 2.05) is 0 Å². The Morgan fingerprint density at radius 2 is 2.08 bits per heavy atom. The standard InChI is InChI=1S/C16H15N5O3/c1-23-16(22)9-21-6-5-13(20-21)14-8-15(19-10-18-14)24-12-4-2-3-11(17)7-12/h2-8,10H,9,17H2,1H3. The molecular formula is C16H15N5O3. The number of anilines is 1. The summed E-state index contributed by atoms with van der Waals surface area (Å²) in [6.45, 7) is 0.0359. The minimum atomic E-state index is -0.377. The number of rotatable bonds is 5. The van der Waals surface area contributed by atoms with E-state index in [0.29, 0.717) is 28.7 Å². The molecule has 2 N–H and O–H groups in total. The number of nitrogens with two attached hydrogens (primary N) is 1. The summed E-state index contributed by atoms with van der Waals surface area (Å²) in [6.07, 6.45) is 3.06. The molecule has 0 amide bonds. The van der Waals surface area contributed by atoms with Crippen molar-refractivity contribution < 1.29 is 14.3 Å². The largest absolute Gasteiger partial charge is 0.468 e. The number of esters is 1. The highest BCUT2D eigenvalue weighted by Crippen LogP contribution is 2.24. The molecule has 0 bridgehead atoms. The van der Waals surface area contributed by atoms with Crippen LogP contribution in [0.3, 0.4) is 0 Å². The first-order valence-electron chi connectivity index (χ1n) is 7.10. The van der Waals surface area contributed by atoms with Crippen molar-refractivity contribution in [3.63, 3.8) is 0 Å². The summed E-state index contributed by atoms with van der Waals surface area (Å²) in [7, 11) is 1.33. The van der Waals surface area contributed by atoms with E-state index in [0.717, 1.165) is 0 Å². The van der Waals surface area contributed by atoms with Crippen molar-refractivity contribution in [1.29, 1.82) is 0 Å². The summed E-state index contributed by atoms with van der Waals surface area (Å²) in [5, 5.41) is 4.28. The lowest BCUT2D eigenvalue weighted by Crippen LogP contribution is -2.11. The Balaban J connectivity index is 1.79. The lowest BCUT2D eigenvalue weighted by Gasteiger charge is -2.05. The maximum Gasteiger partial charge on any atom is 0.327 e. The van der Waals surface area contributed by atoms with Gasteiger partial charge in [-0.1, -0.05) is 6.07 Å². The zero-order valence-electron chi connectivity index (χ0n) is 12.9. The highest BCUT2D eigenvalue weighted by Gasteiger charge is 2.09. The van der Waals surface area contributed by atoms with Crippen molar-refractivity contribution in [3.05, 3.63) is 48.9 Å². The molecule has 0 atom stereocenters. The molecule has 0 aliphatic rings. The van der Waals surface area contributed by atoms with Gasteiger partial charge in [-0.3, -0.25) is 9.48 Å². The predicted molar refractivity (Wildman–Crippen MR) is 86.2 cm³/mol. The van der Waals surface area contributed by atoms with Crippen molar-refractivity contribution in [2.45, 2.75) is 6.54 Å². The Morgan fingerprint density at radius 3 is 2.88 bits per heavy atom. The van der Waals surface area contributed by atoms with Gasteiger partial charge in [0.15, 0.2) is 0 Å². The van der Waals surface area contributed by atoms with Gasteiger partial charge in [-0.05, 0) is 18.2 Å². The number of hydrogen-bond donors (Lipinski definition) is 1. The highest BCUT2D eigenvalue weighted by atomic mass is 16.5. The van der Waals surface area contributed by atoms with E-state index in [9.17, 15) is 4.79 Å². The molecule has 8 nitrogen and oxygen atoms in total. The third kappa shape index (κ3) is 3.67. The molecule has 0 radical (unpaired) electrons. The fraction of sp³-hybridized carbons (Fsp3) is 0.125. The second kappa shape index (κ2) is 6.78. The molecule has 0 unspecified atom stereocenters. The normalized spacial score (nSPS) is 10.4. The zero-order chi connectivity index (χ0) is 16.9. The molecule has 24 heavy (non-hydrogen) atoms. The minimum Gasteiger partial charge on any atom is -0.468 e. The van der Waals surface area contributed by atoms with Crippen molar-refractivity contribution in [1.82, 2.24) is 19.7 Å². The number of hydrogen-bond acceptors (Lipinski definition) is 7. The molecule has 0 spiro atoms. The number of carbonyl (C=O) groups excluding carboxylic acids is 1. The van der Waals surface area contributed by atoms with Crippen LogP contribution in [0, 0.1) is 0 Å². The average Bonchev–Trinajstić information content (AvgIpc) is 3.03. The number of aromatic nitrogens is 4. The maximum atomic E-state index is 11.3. The van der Waals surface area contributed by atoms with E-state index in [1.165, 1.54) is 18.1 Å². The fourth-order valence-corrected chi connectivity index (χ4v) is 2.02. The molecule has 0 aliphatic heterocycles. The van der Waals surface area contributed by atoms with Gasteiger partial charge in [-0.15, -0.1) is 0 Å². The summed E-state index contributed by atoms with van der Waals surface area (Å²) in [5.41, 5.74) is 7.50. The van der Waals surface area contributed by atoms with E-state index in [2.05, 4.69) is 19.8 Å². The molecule has 0 aliphatic carbocycles. The first kappa shape index (κ1) is 15.5. The SMILES string of the molecule is COC(=O)Cn1ccc(-c2cc(Oc3cccc(N)c3)ncn2)n1. The van der Waals surface area contributed by atoms with Crippen LogP contribution >= 0.6 is 0 Å². The fourth-order valence-electron chi connectivity index (χ4n) is 2.02. The van der Waals surface area contributed by atoms with Crippen LogP contribution in [0.15, 0.2) is 48.9 Å². The highest BCUT2D eigenvalue weighted by molar-refractivity contribution is 5.69. The van der Waals surface area contributed by atoms with Crippen LogP contribution in [-0.4, -0.2) is 32.8 Å². The smallest absolute Gasteiger partial charge is 0.327 e. The van der Waals surface area contributed by atoms with Gasteiger partial charge in [0.2, 0.25) is 5.88 Å². The number of ether oxygens (including phenoxy) is 2. The lowest BCUT2D eigenvalue weighted by atomic mass is 10.3. The third-order valence-corrected chi connectivity index (χ3v) is 3.14. The molecule has 0 fully saturated rings. The Bertz CT molecular complexity index is 862. The van der Waals surface area contributed by atoms with Crippen LogP contribution in [0.1, 0.15) is 0 Å². The van der Waals surface area contributed by atoms with Gasteiger partial charge in [0.1, 0.15) is 24.3 Å². The molecule has 8 heteroatoms. The quantitative estimate of drug-likeness (QED) is 0.564. The Morgan fingerprint density at radius 1 is 1.21 bits per heavy atom. The minimum absolute atomic E-state index is 0.0359. The summed E-state index contributed by atoms with van der Waals surface area (Å²) >= 11 is 0. The first-order chi connectivity index (χ1) is 11.6. The molecule has 2 aromatic heterocycles. The molecule has 0 saturated carbocycles. The Labute approximate surface area is 137 Å². The second-order valence-corrected chi connectivity index (χ2v) is 4.89. The van der Waals surface area contributed by atoms with Gasteiger partial charge >= 0.3 is 5.97 Å². The molecule has 2 heterocycles. The monoisotopic (exact) mass is 325 g/mol. The molecule has 3 aromatic rings. The third-order valence-electron chi connectivity index (χ3n) is 3.14. The van der Waals surface area contributed by atoms with Crippen molar-refractivity contribution in [3.8, 4) is 23.0 Å². The van der Waals surface area contributed by atoms with Gasteiger partial charge < -0.3 is 15.2 Å². The van der Waals surface area contributed by atoms with E-state index >= 15 is 0 Å². The Kier molecular flexibility index (Phi) is 4.37. The lowest BCUT2D eigenvalue weighted by molar-refractivity contribution is -0.141. The summed E-state index contributed by atoms with van der Waals surface area (Å²) in [4.78, 5) is 19.5. The van der Waals surface area contributed by atoms with Crippen LogP contribution in [-0.2, 0) is 16.1 Å². The van der Waals surface area contributed by atoms with Crippen LogP contribution in [0.5, 0.6) is 11.6 Å². The van der Waals surface area contributed by atoms with Crippen LogP contribution in [0.25, 0.3) is 11.4 Å². The van der Waals surface area contributed by atoms with Crippen molar-refractivity contribution in [2.75, 3.05) is 12.8 Å². The number of carbonyl (C=O) groups is 1. The summed E-state index contributed by atoms with van der Waals surface area (Å²) < 4.78 is 11.8.